The van der Waals surface area contributed by atoms with Gasteiger partial charge < -0.3 is 5.32 Å². The minimum Gasteiger partial charge on any atom is -0.312 e. The molecule has 4 nitrogen and oxygen atoms in total. The van der Waals surface area contributed by atoms with Gasteiger partial charge in [-0.05, 0) is 25.5 Å². The second-order valence-corrected chi connectivity index (χ2v) is 4.51. The van der Waals surface area contributed by atoms with Crippen molar-refractivity contribution in [2.24, 2.45) is 0 Å². The van der Waals surface area contributed by atoms with Crippen LogP contribution < -0.4 is 10.9 Å². The van der Waals surface area contributed by atoms with Gasteiger partial charge in [-0.3, -0.25) is 4.79 Å². The van der Waals surface area contributed by atoms with Gasteiger partial charge in [0.2, 0.25) is 0 Å². The Bertz CT molecular complexity index is 584. The standard InChI is InChI=1S/C13H15N3O/c17-13-12-6-2-1-4-10(12)8-15-16(13)9-11-5-3-7-14-11/h1-2,4,6,8,11,14H,3,5,7,9H2/t11-/m1/s1. The number of hydrogen-bond donors (Lipinski definition) is 1. The number of fused-ring (bicyclic) bond motifs is 1. The maximum absolute atomic E-state index is 12.2. The summed E-state index contributed by atoms with van der Waals surface area (Å²) in [6, 6.07) is 7.98. The van der Waals surface area contributed by atoms with Crippen molar-refractivity contribution in [1.82, 2.24) is 15.1 Å². The zero-order valence-corrected chi connectivity index (χ0v) is 9.60. The Morgan fingerprint density at radius 1 is 1.41 bits per heavy atom. The molecule has 1 aromatic heterocycles. The Balaban J connectivity index is 1.99. The first-order valence-corrected chi connectivity index (χ1v) is 6.03. The van der Waals surface area contributed by atoms with Crippen LogP contribution in [0.5, 0.6) is 0 Å². The normalized spacial score (nSPS) is 19.9. The number of aromatic nitrogens is 2. The van der Waals surface area contributed by atoms with Crippen LogP contribution in [0.2, 0.25) is 0 Å². The molecule has 0 saturated carbocycles. The molecule has 0 radical (unpaired) electrons. The molecule has 1 atom stereocenters. The summed E-state index contributed by atoms with van der Waals surface area (Å²) >= 11 is 0. The van der Waals surface area contributed by atoms with Crippen molar-refractivity contribution in [1.29, 1.82) is 0 Å². The van der Waals surface area contributed by atoms with Gasteiger partial charge >= 0.3 is 0 Å². The van der Waals surface area contributed by atoms with Crippen molar-refractivity contribution >= 4 is 10.8 Å². The second kappa shape index (κ2) is 4.30. The van der Waals surface area contributed by atoms with E-state index in [1.54, 1.807) is 10.9 Å². The van der Waals surface area contributed by atoms with E-state index in [0.29, 0.717) is 12.6 Å². The molecule has 1 aliphatic rings. The minimum atomic E-state index is 0.0109. The monoisotopic (exact) mass is 229 g/mol. The molecule has 88 valence electrons. The molecular formula is C13H15N3O. The Hall–Kier alpha value is -1.68. The van der Waals surface area contributed by atoms with E-state index in [2.05, 4.69) is 10.4 Å². The fraction of sp³-hybridized carbons (Fsp3) is 0.385. The van der Waals surface area contributed by atoms with Crippen LogP contribution in [0.1, 0.15) is 12.8 Å². The fourth-order valence-electron chi connectivity index (χ4n) is 2.38. The van der Waals surface area contributed by atoms with Crippen LogP contribution in [0.3, 0.4) is 0 Å². The molecule has 3 rings (SSSR count). The molecule has 2 aromatic rings. The predicted octanol–water partition coefficient (Wildman–Crippen LogP) is 1.15. The molecule has 0 aliphatic carbocycles. The van der Waals surface area contributed by atoms with Crippen molar-refractivity contribution in [2.75, 3.05) is 6.54 Å². The first-order chi connectivity index (χ1) is 8.34. The highest BCUT2D eigenvalue weighted by atomic mass is 16.1. The zero-order chi connectivity index (χ0) is 11.7. The van der Waals surface area contributed by atoms with E-state index in [1.165, 1.54) is 6.42 Å². The van der Waals surface area contributed by atoms with E-state index in [0.717, 1.165) is 23.7 Å². The Morgan fingerprint density at radius 2 is 2.29 bits per heavy atom. The van der Waals surface area contributed by atoms with Crippen molar-refractivity contribution < 1.29 is 0 Å². The van der Waals surface area contributed by atoms with E-state index < -0.39 is 0 Å². The molecule has 4 heteroatoms. The summed E-state index contributed by atoms with van der Waals surface area (Å²) < 4.78 is 1.57. The molecule has 0 bridgehead atoms. The molecule has 17 heavy (non-hydrogen) atoms. The van der Waals surface area contributed by atoms with E-state index >= 15 is 0 Å². The van der Waals surface area contributed by atoms with E-state index in [9.17, 15) is 4.79 Å². The SMILES string of the molecule is O=c1c2ccccc2cnn1C[C@H]1CCCN1. The first-order valence-electron chi connectivity index (χ1n) is 6.03. The molecule has 1 saturated heterocycles. The average molecular weight is 229 g/mol. The van der Waals surface area contributed by atoms with Gasteiger partial charge in [-0.2, -0.15) is 5.10 Å². The lowest BCUT2D eigenvalue weighted by molar-refractivity contribution is 0.462. The third-order valence-electron chi connectivity index (χ3n) is 3.32. The topological polar surface area (TPSA) is 46.9 Å². The number of rotatable bonds is 2. The van der Waals surface area contributed by atoms with Crippen LogP contribution in [0.15, 0.2) is 35.3 Å². The summed E-state index contributed by atoms with van der Waals surface area (Å²) in [4.78, 5) is 12.2. The Kier molecular flexibility index (Phi) is 2.65. The van der Waals surface area contributed by atoms with Crippen LogP contribution >= 0.6 is 0 Å². The van der Waals surface area contributed by atoms with Crippen LogP contribution in [0.4, 0.5) is 0 Å². The lowest BCUT2D eigenvalue weighted by atomic mass is 10.2. The van der Waals surface area contributed by atoms with E-state index in [-0.39, 0.29) is 5.56 Å². The largest absolute Gasteiger partial charge is 0.312 e. The molecule has 1 fully saturated rings. The van der Waals surface area contributed by atoms with Crippen LogP contribution in [0.25, 0.3) is 10.8 Å². The highest BCUT2D eigenvalue weighted by molar-refractivity contribution is 5.80. The summed E-state index contributed by atoms with van der Waals surface area (Å²) in [5.41, 5.74) is 0.0109. The van der Waals surface area contributed by atoms with Crippen molar-refractivity contribution in [3.8, 4) is 0 Å². The quantitative estimate of drug-likeness (QED) is 0.840. The van der Waals surface area contributed by atoms with Gasteiger partial charge in [0.05, 0.1) is 18.1 Å². The molecule has 2 heterocycles. The number of benzene rings is 1. The summed E-state index contributed by atoms with van der Waals surface area (Å²) in [5.74, 6) is 0. The highest BCUT2D eigenvalue weighted by Crippen LogP contribution is 2.09. The van der Waals surface area contributed by atoms with Gasteiger partial charge in [0.25, 0.3) is 5.56 Å². The van der Waals surface area contributed by atoms with Crippen LogP contribution in [0, 0.1) is 0 Å². The predicted molar refractivity (Wildman–Crippen MR) is 67.0 cm³/mol. The molecule has 0 unspecified atom stereocenters. The molecular weight excluding hydrogens is 214 g/mol. The smallest absolute Gasteiger partial charge is 0.274 e. The van der Waals surface area contributed by atoms with Gasteiger partial charge in [-0.15, -0.1) is 0 Å². The van der Waals surface area contributed by atoms with Crippen LogP contribution in [-0.4, -0.2) is 22.4 Å². The first kappa shape index (κ1) is 10.5. The van der Waals surface area contributed by atoms with Crippen LogP contribution in [-0.2, 0) is 6.54 Å². The Morgan fingerprint density at radius 3 is 3.12 bits per heavy atom. The molecule has 1 N–H and O–H groups in total. The minimum absolute atomic E-state index is 0.0109. The summed E-state index contributed by atoms with van der Waals surface area (Å²) in [5, 5.41) is 9.28. The summed E-state index contributed by atoms with van der Waals surface area (Å²) in [6.07, 6.45) is 4.08. The van der Waals surface area contributed by atoms with Gasteiger partial charge in [-0.1, -0.05) is 18.2 Å². The number of nitrogens with one attached hydrogen (secondary N) is 1. The lowest BCUT2D eigenvalue weighted by Gasteiger charge is -2.11. The number of nitrogens with zero attached hydrogens (tertiary/aromatic N) is 2. The van der Waals surface area contributed by atoms with Gasteiger partial charge in [-0.25, -0.2) is 4.68 Å². The number of hydrogen-bond acceptors (Lipinski definition) is 3. The highest BCUT2D eigenvalue weighted by Gasteiger charge is 2.15. The maximum atomic E-state index is 12.2. The lowest BCUT2D eigenvalue weighted by Crippen LogP contribution is -2.33. The van der Waals surface area contributed by atoms with Gasteiger partial charge in [0, 0.05) is 11.4 Å². The molecule has 0 spiro atoms. The van der Waals surface area contributed by atoms with Gasteiger partial charge in [0.1, 0.15) is 0 Å². The summed E-state index contributed by atoms with van der Waals surface area (Å²) in [7, 11) is 0. The van der Waals surface area contributed by atoms with Crippen molar-refractivity contribution in [3.05, 3.63) is 40.8 Å². The van der Waals surface area contributed by atoms with Crippen molar-refractivity contribution in [2.45, 2.75) is 25.4 Å². The average Bonchev–Trinajstić information content (AvgIpc) is 2.86. The third kappa shape index (κ3) is 1.96. The second-order valence-electron chi connectivity index (χ2n) is 4.51. The van der Waals surface area contributed by atoms with Gasteiger partial charge in [0.15, 0.2) is 0 Å². The maximum Gasteiger partial charge on any atom is 0.274 e. The summed E-state index contributed by atoms with van der Waals surface area (Å²) in [6.45, 7) is 1.72. The Labute approximate surface area is 99.3 Å². The fourth-order valence-corrected chi connectivity index (χ4v) is 2.38. The van der Waals surface area contributed by atoms with E-state index in [1.807, 2.05) is 24.3 Å². The van der Waals surface area contributed by atoms with Crippen molar-refractivity contribution in [3.63, 3.8) is 0 Å². The third-order valence-corrected chi connectivity index (χ3v) is 3.32. The molecule has 1 aliphatic heterocycles. The van der Waals surface area contributed by atoms with E-state index in [4.69, 9.17) is 0 Å². The molecule has 1 aromatic carbocycles. The molecule has 0 amide bonds. The zero-order valence-electron chi connectivity index (χ0n) is 9.60.